The molecule has 110 valence electrons. The van der Waals surface area contributed by atoms with Crippen molar-refractivity contribution in [3.63, 3.8) is 0 Å². The molecule has 4 N–H and O–H groups in total. The minimum absolute atomic E-state index is 0.114. The number of carbonyl (C=O) groups is 2. The lowest BCUT2D eigenvalue weighted by Gasteiger charge is -2.23. The highest BCUT2D eigenvalue weighted by Gasteiger charge is 2.24. The van der Waals surface area contributed by atoms with Crippen molar-refractivity contribution in [2.75, 3.05) is 13.1 Å². The van der Waals surface area contributed by atoms with Gasteiger partial charge >= 0.3 is 0 Å². The smallest absolute Gasteiger partial charge is 0.253 e. The van der Waals surface area contributed by atoms with Gasteiger partial charge in [0.05, 0.1) is 12.1 Å². The molecule has 6 heteroatoms. The van der Waals surface area contributed by atoms with E-state index in [1.807, 2.05) is 0 Å². The second-order valence-corrected chi connectivity index (χ2v) is 4.66. The molecule has 1 aliphatic heterocycles. The van der Waals surface area contributed by atoms with Crippen LogP contribution >= 0.6 is 0 Å². The molecular formula is C15H16FN3O2. The maximum Gasteiger partial charge on any atom is 0.253 e. The minimum atomic E-state index is -0.563. The van der Waals surface area contributed by atoms with Crippen LogP contribution in [0.5, 0.6) is 0 Å². The first-order chi connectivity index (χ1) is 10.1. The first-order valence-electron chi connectivity index (χ1n) is 6.69. The maximum absolute atomic E-state index is 13.3. The van der Waals surface area contributed by atoms with E-state index in [0.29, 0.717) is 13.0 Å². The zero-order valence-corrected chi connectivity index (χ0v) is 11.4. The van der Waals surface area contributed by atoms with Gasteiger partial charge in [0.25, 0.3) is 5.91 Å². The van der Waals surface area contributed by atoms with Gasteiger partial charge in [0, 0.05) is 12.1 Å². The summed E-state index contributed by atoms with van der Waals surface area (Å²) in [5.74, 6) is 4.13. The molecule has 1 aliphatic rings. The fourth-order valence-electron chi connectivity index (χ4n) is 2.11. The lowest BCUT2D eigenvalue weighted by molar-refractivity contribution is -0.124. The average Bonchev–Trinajstić information content (AvgIpc) is 2.47. The molecule has 1 aromatic rings. The molecule has 0 bridgehead atoms. The fraction of sp³-hybridized carbons (Fsp3) is 0.333. The van der Waals surface area contributed by atoms with E-state index in [1.54, 1.807) is 0 Å². The Morgan fingerprint density at radius 1 is 1.52 bits per heavy atom. The van der Waals surface area contributed by atoms with Crippen molar-refractivity contribution in [1.29, 1.82) is 0 Å². The summed E-state index contributed by atoms with van der Waals surface area (Å²) in [7, 11) is 0. The topological polar surface area (TPSA) is 84.2 Å². The summed E-state index contributed by atoms with van der Waals surface area (Å²) >= 11 is 0. The van der Waals surface area contributed by atoms with Crippen molar-refractivity contribution in [3.05, 3.63) is 35.1 Å². The Kier molecular flexibility index (Phi) is 4.90. The third kappa shape index (κ3) is 3.80. The molecule has 1 heterocycles. The van der Waals surface area contributed by atoms with Crippen LogP contribution in [-0.2, 0) is 4.79 Å². The third-order valence-corrected chi connectivity index (χ3v) is 3.14. The molecule has 2 amide bonds. The van der Waals surface area contributed by atoms with E-state index in [1.165, 1.54) is 18.2 Å². The third-order valence-electron chi connectivity index (χ3n) is 3.14. The number of halogens is 1. The number of carbonyl (C=O) groups excluding carboxylic acids is 2. The van der Waals surface area contributed by atoms with Crippen LogP contribution in [0.15, 0.2) is 18.2 Å². The number of piperidine rings is 1. The molecule has 0 spiro atoms. The molecule has 1 saturated heterocycles. The minimum Gasteiger partial charge on any atom is -0.354 e. The van der Waals surface area contributed by atoms with Gasteiger partial charge in [-0.2, -0.15) is 0 Å². The first-order valence-corrected chi connectivity index (χ1v) is 6.69. The second kappa shape index (κ2) is 6.86. The van der Waals surface area contributed by atoms with Crippen LogP contribution in [0.1, 0.15) is 28.8 Å². The molecule has 2 rings (SSSR count). The van der Waals surface area contributed by atoms with Gasteiger partial charge in [-0.05, 0) is 31.0 Å². The van der Waals surface area contributed by atoms with Gasteiger partial charge in [0.1, 0.15) is 11.9 Å². The number of benzene rings is 1. The number of hydrogen-bond acceptors (Lipinski definition) is 3. The number of nitrogens with one attached hydrogen (secondary N) is 2. The molecule has 1 aromatic carbocycles. The van der Waals surface area contributed by atoms with Crippen LogP contribution in [0.2, 0.25) is 0 Å². The van der Waals surface area contributed by atoms with Crippen molar-refractivity contribution in [2.24, 2.45) is 5.73 Å². The molecule has 0 saturated carbocycles. The van der Waals surface area contributed by atoms with Crippen LogP contribution in [0.3, 0.4) is 0 Å². The molecule has 1 atom stereocenters. The van der Waals surface area contributed by atoms with E-state index in [2.05, 4.69) is 22.5 Å². The zero-order chi connectivity index (χ0) is 15.2. The van der Waals surface area contributed by atoms with Crippen LogP contribution in [0.25, 0.3) is 0 Å². The Morgan fingerprint density at radius 3 is 3.05 bits per heavy atom. The summed E-state index contributed by atoms with van der Waals surface area (Å²) in [5, 5.41) is 5.34. The number of hydrogen-bond donors (Lipinski definition) is 3. The Labute approximate surface area is 122 Å². The average molecular weight is 289 g/mol. The molecule has 0 radical (unpaired) electrons. The number of rotatable bonds is 2. The summed E-state index contributed by atoms with van der Waals surface area (Å²) < 4.78 is 13.3. The van der Waals surface area contributed by atoms with Crippen LogP contribution in [0, 0.1) is 17.7 Å². The van der Waals surface area contributed by atoms with Crippen molar-refractivity contribution >= 4 is 11.8 Å². The van der Waals surface area contributed by atoms with E-state index in [0.717, 1.165) is 6.42 Å². The molecule has 5 nitrogen and oxygen atoms in total. The SMILES string of the molecule is NCC#Cc1cc(F)ccc1C(=O)NC1CCCNC1=O. The Morgan fingerprint density at radius 2 is 2.33 bits per heavy atom. The van der Waals surface area contributed by atoms with Gasteiger partial charge in [-0.25, -0.2) is 4.39 Å². The fourth-order valence-corrected chi connectivity index (χ4v) is 2.11. The molecule has 1 unspecified atom stereocenters. The van der Waals surface area contributed by atoms with Gasteiger partial charge in [-0.1, -0.05) is 11.8 Å². The molecule has 21 heavy (non-hydrogen) atoms. The summed E-state index contributed by atoms with van der Waals surface area (Å²) in [6, 6.07) is 3.15. The lowest BCUT2D eigenvalue weighted by Crippen LogP contribution is -2.50. The van der Waals surface area contributed by atoms with Gasteiger partial charge in [0.15, 0.2) is 0 Å². The summed E-state index contributed by atoms with van der Waals surface area (Å²) in [6.07, 6.45) is 1.39. The highest BCUT2D eigenvalue weighted by atomic mass is 19.1. The highest BCUT2D eigenvalue weighted by molar-refractivity contribution is 5.99. The maximum atomic E-state index is 13.3. The monoisotopic (exact) mass is 289 g/mol. The van der Waals surface area contributed by atoms with Crippen molar-refractivity contribution < 1.29 is 14.0 Å². The Balaban J connectivity index is 2.20. The summed E-state index contributed by atoms with van der Waals surface area (Å²) in [5.41, 5.74) is 5.78. The first kappa shape index (κ1) is 15.0. The van der Waals surface area contributed by atoms with E-state index in [9.17, 15) is 14.0 Å². The Bertz CT molecular complexity index is 619. The Hall–Kier alpha value is -2.39. The van der Waals surface area contributed by atoms with Gasteiger partial charge in [-0.15, -0.1) is 0 Å². The normalized spacial score (nSPS) is 17.4. The van der Waals surface area contributed by atoms with Crippen molar-refractivity contribution in [1.82, 2.24) is 10.6 Å². The van der Waals surface area contributed by atoms with E-state index in [4.69, 9.17) is 5.73 Å². The predicted molar refractivity (Wildman–Crippen MR) is 75.8 cm³/mol. The van der Waals surface area contributed by atoms with Crippen LogP contribution in [0.4, 0.5) is 4.39 Å². The van der Waals surface area contributed by atoms with Crippen molar-refractivity contribution in [2.45, 2.75) is 18.9 Å². The van der Waals surface area contributed by atoms with Gasteiger partial charge < -0.3 is 16.4 Å². The van der Waals surface area contributed by atoms with E-state index >= 15 is 0 Å². The zero-order valence-electron chi connectivity index (χ0n) is 11.4. The number of nitrogens with two attached hydrogens (primary N) is 1. The van der Waals surface area contributed by atoms with Gasteiger partial charge in [0.2, 0.25) is 5.91 Å². The summed E-state index contributed by atoms with van der Waals surface area (Å²) in [4.78, 5) is 23.9. The highest BCUT2D eigenvalue weighted by Crippen LogP contribution is 2.12. The quantitative estimate of drug-likeness (QED) is 0.677. The van der Waals surface area contributed by atoms with Crippen LogP contribution < -0.4 is 16.4 Å². The second-order valence-electron chi connectivity index (χ2n) is 4.66. The molecule has 0 aliphatic carbocycles. The lowest BCUT2D eigenvalue weighted by atomic mass is 10.0. The van der Waals surface area contributed by atoms with E-state index < -0.39 is 17.8 Å². The van der Waals surface area contributed by atoms with E-state index in [-0.39, 0.29) is 23.6 Å². The summed E-state index contributed by atoms with van der Waals surface area (Å²) in [6.45, 7) is 0.734. The molecule has 0 aromatic heterocycles. The predicted octanol–water partition coefficient (Wildman–Crippen LogP) is 0.144. The number of amides is 2. The largest absolute Gasteiger partial charge is 0.354 e. The standard InChI is InChI=1S/C15H16FN3O2/c16-11-5-6-12(10(9-11)3-1-7-17)14(20)19-13-4-2-8-18-15(13)21/h5-6,9,13H,2,4,7-8,17H2,(H,18,21)(H,19,20). The van der Waals surface area contributed by atoms with Crippen molar-refractivity contribution in [3.8, 4) is 11.8 Å². The molecular weight excluding hydrogens is 273 g/mol. The van der Waals surface area contributed by atoms with Gasteiger partial charge in [-0.3, -0.25) is 9.59 Å². The van der Waals surface area contributed by atoms with Crippen LogP contribution in [-0.4, -0.2) is 30.9 Å². The molecule has 1 fully saturated rings.